The van der Waals surface area contributed by atoms with Crippen molar-refractivity contribution in [1.82, 2.24) is 10.6 Å². The van der Waals surface area contributed by atoms with Crippen molar-refractivity contribution in [1.29, 1.82) is 0 Å². The minimum absolute atomic E-state index is 0.202. The average Bonchev–Trinajstić information content (AvgIpc) is 0.758. The zero-order valence-electron chi connectivity index (χ0n) is 60.4. The first-order valence-electron chi connectivity index (χ1n) is 38.7. The third-order valence-electron chi connectivity index (χ3n) is 19.6. The van der Waals surface area contributed by atoms with Gasteiger partial charge >= 0.3 is 5.97 Å². The van der Waals surface area contributed by atoms with Crippen LogP contribution >= 0.6 is 0 Å². The van der Waals surface area contributed by atoms with E-state index in [1.807, 2.05) is 6.08 Å². The number of carbonyl (C=O) groups excluding carboxylic acids is 2. The summed E-state index contributed by atoms with van der Waals surface area (Å²) in [7, 11) is 0. The van der Waals surface area contributed by atoms with Crippen molar-refractivity contribution in [2.45, 2.75) is 407 Å². The van der Waals surface area contributed by atoms with E-state index in [4.69, 9.17) is 28.4 Å². The number of nitrogens with one attached hydrogen (secondary N) is 2. The number of aliphatic hydroxyl groups is 11. The molecule has 23 heteroatoms. The molecule has 0 saturated carbocycles. The second-order valence-corrected chi connectivity index (χ2v) is 28.2. The van der Waals surface area contributed by atoms with E-state index in [9.17, 15) is 75.7 Å². The van der Waals surface area contributed by atoms with E-state index in [-0.39, 0.29) is 12.3 Å². The molecule has 18 unspecified atom stereocenters. The van der Waals surface area contributed by atoms with Gasteiger partial charge in [0.2, 0.25) is 11.8 Å². The highest BCUT2D eigenvalue weighted by Crippen LogP contribution is 2.39. The van der Waals surface area contributed by atoms with E-state index < -0.39 is 155 Å². The number of aliphatic hydroxyl groups excluding tert-OH is 11. The molecule has 3 heterocycles. The van der Waals surface area contributed by atoms with Gasteiger partial charge in [0.1, 0.15) is 67.1 Å². The van der Waals surface area contributed by atoms with Gasteiger partial charge in [-0.05, 0) is 44.9 Å². The molecule has 0 bridgehead atoms. The Labute approximate surface area is 587 Å². The minimum Gasteiger partial charge on any atom is -0.477 e. The van der Waals surface area contributed by atoms with Gasteiger partial charge in [0, 0.05) is 19.8 Å². The van der Waals surface area contributed by atoms with Crippen LogP contribution in [0.2, 0.25) is 0 Å². The van der Waals surface area contributed by atoms with E-state index in [2.05, 4.69) is 36.6 Å². The summed E-state index contributed by atoms with van der Waals surface area (Å²) < 4.78 is 34.7. The van der Waals surface area contributed by atoms with Gasteiger partial charge in [0.25, 0.3) is 5.79 Å². The van der Waals surface area contributed by atoms with Crippen LogP contribution in [0, 0.1) is 0 Å². The van der Waals surface area contributed by atoms with Gasteiger partial charge in [-0.25, -0.2) is 4.79 Å². The molecule has 0 aromatic carbocycles. The minimum atomic E-state index is -3.08. The first kappa shape index (κ1) is 89.4. The summed E-state index contributed by atoms with van der Waals surface area (Å²) in [6.45, 7) is 2.11. The number of allylic oxidation sites excluding steroid dienone is 3. The average molecular weight is 1400 g/mol. The highest BCUT2D eigenvalue weighted by atomic mass is 16.8. The van der Waals surface area contributed by atoms with Crippen molar-refractivity contribution < 1.29 is 104 Å². The quantitative estimate of drug-likeness (QED) is 0.0199. The Morgan fingerprint density at radius 1 is 0.531 bits per heavy atom. The van der Waals surface area contributed by atoms with Crippen LogP contribution in [0.25, 0.3) is 0 Å². The van der Waals surface area contributed by atoms with E-state index in [0.29, 0.717) is 12.8 Å². The van der Waals surface area contributed by atoms with Crippen LogP contribution in [0.15, 0.2) is 24.3 Å². The van der Waals surface area contributed by atoms with Gasteiger partial charge in [-0.1, -0.05) is 256 Å². The van der Waals surface area contributed by atoms with Crippen LogP contribution < -0.4 is 10.6 Å². The Balaban J connectivity index is 1.40. The maximum absolute atomic E-state index is 13.4. The van der Waals surface area contributed by atoms with Crippen LogP contribution in [0.1, 0.15) is 297 Å². The third kappa shape index (κ3) is 35.6. The summed E-state index contributed by atoms with van der Waals surface area (Å²) in [5, 5.41) is 136. The lowest BCUT2D eigenvalue weighted by molar-refractivity contribution is -0.386. The first-order valence-corrected chi connectivity index (χ1v) is 38.7. The smallest absolute Gasteiger partial charge is 0.364 e. The Hall–Kier alpha value is -2.79. The van der Waals surface area contributed by atoms with Gasteiger partial charge in [0.15, 0.2) is 12.6 Å². The summed E-state index contributed by atoms with van der Waals surface area (Å²) >= 11 is 0. The van der Waals surface area contributed by atoms with Crippen molar-refractivity contribution in [3.8, 4) is 0 Å². The van der Waals surface area contributed by atoms with E-state index >= 15 is 0 Å². The van der Waals surface area contributed by atoms with Crippen LogP contribution in [-0.4, -0.2) is 215 Å². The number of amides is 2. The molecule has 18 atom stereocenters. The summed E-state index contributed by atoms with van der Waals surface area (Å²) in [5.41, 5.74) is 0. The maximum atomic E-state index is 13.4. The molecule has 0 radical (unpaired) electrons. The summed E-state index contributed by atoms with van der Waals surface area (Å²) in [6.07, 6.45) is 30.0. The van der Waals surface area contributed by atoms with Gasteiger partial charge in [-0.2, -0.15) is 0 Å². The van der Waals surface area contributed by atoms with Crippen LogP contribution in [0.4, 0.5) is 0 Å². The summed E-state index contributed by atoms with van der Waals surface area (Å²) in [6, 6.07) is -2.61. The number of unbranched alkanes of at least 4 members (excludes halogenated alkanes) is 38. The van der Waals surface area contributed by atoms with Crippen molar-refractivity contribution in [2.24, 2.45) is 0 Å². The van der Waals surface area contributed by atoms with Gasteiger partial charge in [-0.3, -0.25) is 9.59 Å². The maximum Gasteiger partial charge on any atom is 0.364 e. The number of carbonyl (C=O) groups is 3. The summed E-state index contributed by atoms with van der Waals surface area (Å²) in [4.78, 5) is 38.5. The van der Waals surface area contributed by atoms with Gasteiger partial charge < -0.3 is 100 Å². The summed E-state index contributed by atoms with van der Waals surface area (Å²) in [5.74, 6) is -6.14. The van der Waals surface area contributed by atoms with Gasteiger partial charge in [0.05, 0.1) is 50.7 Å². The second kappa shape index (κ2) is 54.8. The van der Waals surface area contributed by atoms with Crippen LogP contribution in [0.5, 0.6) is 0 Å². The van der Waals surface area contributed by atoms with Crippen molar-refractivity contribution in [3.05, 3.63) is 24.3 Å². The first-order chi connectivity index (χ1) is 47.4. The lowest BCUT2D eigenvalue weighted by Crippen LogP contribution is -2.70. The highest BCUT2D eigenvalue weighted by Gasteiger charge is 2.60. The van der Waals surface area contributed by atoms with Crippen molar-refractivity contribution >= 4 is 17.8 Å². The normalized spacial score (nSPS) is 27.3. The standard InChI is InChI=1S/C75H138N2O21/c1-4-6-8-10-12-14-15-16-17-18-19-20-21-22-23-24-25-26-27-28-29-30-31-32-33-34-35-36-37-38-39-41-43-45-47-49-62(85)77-56(57(82)48-46-44-42-40-13-11-9-7-5-2)54-93-72-67(89)66(88)69(61(53-80)95-72)96-73-68(90)71(65(87)60(52-79)94-73)98-75(74(91)92)50-58(83)63(76-55(3)81)70(97-75)64(86)59(84)51-78/h24-25,46,48,56-61,63-73,78-80,82-84,86-90H,4-23,26-45,47,49-54H2,1-3H3,(H,76,81)(H,77,85)(H,91,92)/b25-24-,48-46+. The second-order valence-electron chi connectivity index (χ2n) is 28.2. The monoisotopic (exact) mass is 1400 g/mol. The molecule has 0 aromatic rings. The van der Waals surface area contributed by atoms with Crippen LogP contribution in [-0.2, 0) is 42.8 Å². The number of ether oxygens (including phenoxy) is 6. The Bertz CT molecular complexity index is 2060. The zero-order chi connectivity index (χ0) is 71.8. The molecule has 23 nitrogen and oxygen atoms in total. The Morgan fingerprint density at radius 2 is 0.959 bits per heavy atom. The third-order valence-corrected chi connectivity index (χ3v) is 19.6. The van der Waals surface area contributed by atoms with Crippen molar-refractivity contribution in [3.63, 3.8) is 0 Å². The number of hydrogen-bond acceptors (Lipinski definition) is 20. The molecule has 0 aliphatic carbocycles. The molecule has 98 heavy (non-hydrogen) atoms. The Kier molecular flexibility index (Phi) is 50.0. The zero-order valence-corrected chi connectivity index (χ0v) is 60.4. The molecule has 2 amide bonds. The molecular weight excluding hydrogens is 1260 g/mol. The Morgan fingerprint density at radius 3 is 1.39 bits per heavy atom. The number of carboxylic acid groups (broad SMARTS) is 1. The molecule has 0 spiro atoms. The molecule has 3 saturated heterocycles. The molecular formula is C75H138N2O21. The lowest BCUT2D eigenvalue weighted by Gasteiger charge is -2.50. The molecule has 3 fully saturated rings. The van der Waals surface area contributed by atoms with E-state index in [1.54, 1.807) is 6.08 Å². The topological polar surface area (TPSA) is 373 Å². The van der Waals surface area contributed by atoms with Crippen LogP contribution in [0.3, 0.4) is 0 Å². The predicted molar refractivity (Wildman–Crippen MR) is 375 cm³/mol. The van der Waals surface area contributed by atoms with E-state index in [1.165, 1.54) is 193 Å². The lowest BCUT2D eigenvalue weighted by atomic mass is 9.88. The SMILES string of the molecule is CCCCCCCCC/C=C/C(O)C(COC1OC(CO)C(OC2OC(CO)C(O)C(OC3(C(=O)O)CC(O)C(NC(C)=O)C(C(O)C(O)CO)O3)C2O)C(O)C1O)NC(=O)CCCCCCCCCCCCCCCCCCC/C=C\CCCCCCCCCCCCCCCC. The highest BCUT2D eigenvalue weighted by molar-refractivity contribution is 5.77. The molecule has 0 aromatic heterocycles. The number of hydrogen-bond donors (Lipinski definition) is 14. The van der Waals surface area contributed by atoms with E-state index in [0.717, 1.165) is 64.7 Å². The molecule has 574 valence electrons. The number of aliphatic carboxylic acids is 1. The molecule has 14 N–H and O–H groups in total. The fourth-order valence-electron chi connectivity index (χ4n) is 13.5. The number of carboxylic acids is 1. The molecule has 3 rings (SSSR count). The largest absolute Gasteiger partial charge is 0.477 e. The predicted octanol–water partition coefficient (Wildman–Crippen LogP) is 9.18. The number of rotatable bonds is 60. The van der Waals surface area contributed by atoms with Crippen molar-refractivity contribution in [2.75, 3.05) is 26.4 Å². The molecule has 3 aliphatic heterocycles. The fourth-order valence-corrected chi connectivity index (χ4v) is 13.5. The van der Waals surface area contributed by atoms with Gasteiger partial charge in [-0.15, -0.1) is 0 Å². The molecule has 3 aliphatic rings. The fraction of sp³-hybridized carbons (Fsp3) is 0.907.